The van der Waals surface area contributed by atoms with Crippen LogP contribution in [-0.2, 0) is 6.18 Å². The maximum absolute atomic E-state index is 12.7. The van der Waals surface area contributed by atoms with Gasteiger partial charge in [0.2, 0.25) is 0 Å². The quantitative estimate of drug-likeness (QED) is 0.585. The van der Waals surface area contributed by atoms with Crippen LogP contribution in [0.1, 0.15) is 28.9 Å². The lowest BCUT2D eigenvalue weighted by molar-refractivity contribution is -0.137. The van der Waals surface area contributed by atoms with Gasteiger partial charge in [-0.15, -0.1) is 0 Å². The molecule has 9 heteroatoms. The number of carbonyl (C=O) groups is 1. The smallest absolute Gasteiger partial charge is 0.356 e. The van der Waals surface area contributed by atoms with Crippen LogP contribution in [-0.4, -0.2) is 35.0 Å². The third-order valence-corrected chi connectivity index (χ3v) is 5.92. The highest BCUT2D eigenvalue weighted by molar-refractivity contribution is 9.10. The molecular weight excluding hydrogens is 449 g/mol. The fraction of sp³-hybridized carbons (Fsp3) is 0.300. The van der Waals surface area contributed by atoms with Crippen LogP contribution in [0.25, 0.3) is 10.9 Å². The molecule has 0 radical (unpaired) electrons. The molecule has 2 N–H and O–H groups in total. The maximum Gasteiger partial charge on any atom is 0.417 e. The van der Waals surface area contributed by atoms with E-state index in [1.54, 1.807) is 0 Å². The first kappa shape index (κ1) is 19.8. The van der Waals surface area contributed by atoms with Crippen molar-refractivity contribution in [1.82, 2.24) is 15.3 Å². The average molecular weight is 467 g/mol. The van der Waals surface area contributed by atoms with E-state index < -0.39 is 11.7 Å². The number of hydrogen-bond donors (Lipinski definition) is 2. The number of nitrogens with zero attached hydrogens (tertiary/aromatic N) is 2. The molecule has 0 spiro atoms. The van der Waals surface area contributed by atoms with Gasteiger partial charge in [0.1, 0.15) is 11.5 Å². The van der Waals surface area contributed by atoms with Crippen molar-refractivity contribution in [3.05, 3.63) is 58.3 Å². The summed E-state index contributed by atoms with van der Waals surface area (Å²) in [5, 5.41) is 3.99. The Hall–Kier alpha value is -2.55. The molecule has 0 unspecified atom stereocenters. The Balaban J connectivity index is 1.37. The third kappa shape index (κ3) is 4.10. The monoisotopic (exact) mass is 466 g/mol. The van der Waals surface area contributed by atoms with Crippen LogP contribution in [0.15, 0.2) is 47.1 Å². The number of piperidine rings is 1. The van der Waals surface area contributed by atoms with E-state index in [0.717, 1.165) is 27.6 Å². The van der Waals surface area contributed by atoms with E-state index in [-0.39, 0.29) is 11.9 Å². The summed E-state index contributed by atoms with van der Waals surface area (Å²) >= 11 is 3.49. The molecule has 2 aromatic heterocycles. The number of aromatic nitrogens is 2. The second kappa shape index (κ2) is 7.70. The zero-order valence-electron chi connectivity index (χ0n) is 15.3. The predicted octanol–water partition coefficient (Wildman–Crippen LogP) is 4.74. The van der Waals surface area contributed by atoms with Crippen molar-refractivity contribution in [2.24, 2.45) is 0 Å². The number of aromatic amines is 1. The second-order valence-corrected chi connectivity index (χ2v) is 7.79. The number of alkyl halides is 3. The minimum absolute atomic E-state index is 0.00786. The van der Waals surface area contributed by atoms with Crippen molar-refractivity contribution in [3.63, 3.8) is 0 Å². The number of nitrogens with one attached hydrogen (secondary N) is 2. The number of halogens is 4. The van der Waals surface area contributed by atoms with E-state index in [9.17, 15) is 18.0 Å². The van der Waals surface area contributed by atoms with Gasteiger partial charge in [-0.1, -0.05) is 18.2 Å². The minimum atomic E-state index is -4.39. The Morgan fingerprint density at radius 1 is 1.17 bits per heavy atom. The summed E-state index contributed by atoms with van der Waals surface area (Å²) in [6.45, 7) is 1.22. The molecule has 1 aliphatic rings. The first-order valence-corrected chi connectivity index (χ1v) is 9.97. The average Bonchev–Trinajstić information content (AvgIpc) is 3.05. The SMILES string of the molecule is O=C(NC1CCN(c2ccc(C(F)(F)F)cn2)CC1)c1[nH]c2ccccc2c1Br. The van der Waals surface area contributed by atoms with Crippen LogP contribution in [0.3, 0.4) is 0 Å². The summed E-state index contributed by atoms with van der Waals surface area (Å²) in [7, 11) is 0. The molecule has 0 aliphatic carbocycles. The molecule has 1 aliphatic heterocycles. The molecule has 0 saturated carbocycles. The standard InChI is InChI=1S/C20H18BrF3N4O/c21-17-14-3-1-2-4-15(14)27-18(17)19(29)26-13-7-9-28(10-8-13)16-6-5-12(11-25-16)20(22,23)24/h1-6,11,13,27H,7-10H2,(H,26,29). The van der Waals surface area contributed by atoms with Gasteiger partial charge >= 0.3 is 6.18 Å². The number of hydrogen-bond acceptors (Lipinski definition) is 3. The number of para-hydroxylation sites is 1. The summed E-state index contributed by atoms with van der Waals surface area (Å²) in [5.74, 6) is 0.334. The number of H-pyrrole nitrogens is 1. The maximum atomic E-state index is 12.7. The van der Waals surface area contributed by atoms with Gasteiger partial charge in [0.15, 0.2) is 0 Å². The molecular formula is C20H18BrF3N4O. The third-order valence-electron chi connectivity index (χ3n) is 5.10. The van der Waals surface area contributed by atoms with E-state index in [0.29, 0.717) is 37.4 Å². The van der Waals surface area contributed by atoms with Gasteiger partial charge in [-0.2, -0.15) is 13.2 Å². The topological polar surface area (TPSA) is 61.0 Å². The van der Waals surface area contributed by atoms with E-state index in [2.05, 4.69) is 31.2 Å². The Morgan fingerprint density at radius 2 is 1.90 bits per heavy atom. The first-order chi connectivity index (χ1) is 13.8. The normalized spacial score (nSPS) is 15.7. The van der Waals surface area contributed by atoms with Crippen LogP contribution in [0.4, 0.5) is 19.0 Å². The molecule has 29 heavy (non-hydrogen) atoms. The van der Waals surface area contributed by atoms with Gasteiger partial charge in [-0.05, 0) is 47.0 Å². The van der Waals surface area contributed by atoms with Crippen molar-refractivity contribution in [1.29, 1.82) is 0 Å². The van der Waals surface area contributed by atoms with Crippen LogP contribution in [0, 0.1) is 0 Å². The molecule has 152 valence electrons. The molecule has 3 aromatic rings. The molecule has 1 amide bonds. The molecule has 1 saturated heterocycles. The number of fused-ring (bicyclic) bond motifs is 1. The molecule has 3 heterocycles. The van der Waals surface area contributed by atoms with E-state index >= 15 is 0 Å². The van der Waals surface area contributed by atoms with Crippen molar-refractivity contribution in [2.75, 3.05) is 18.0 Å². The van der Waals surface area contributed by atoms with Gasteiger partial charge in [0, 0.05) is 36.2 Å². The van der Waals surface area contributed by atoms with Crippen LogP contribution >= 0.6 is 15.9 Å². The zero-order chi connectivity index (χ0) is 20.6. The van der Waals surface area contributed by atoms with Gasteiger partial charge in [0.25, 0.3) is 5.91 Å². The summed E-state index contributed by atoms with van der Waals surface area (Å²) < 4.78 is 38.7. The summed E-state index contributed by atoms with van der Waals surface area (Å²) in [6, 6.07) is 10.1. The van der Waals surface area contributed by atoms with Crippen molar-refractivity contribution < 1.29 is 18.0 Å². The molecule has 5 nitrogen and oxygen atoms in total. The Bertz CT molecular complexity index is 1020. The number of rotatable bonds is 3. The van der Waals surface area contributed by atoms with Gasteiger partial charge in [-0.25, -0.2) is 4.98 Å². The predicted molar refractivity (Wildman–Crippen MR) is 108 cm³/mol. The zero-order valence-corrected chi connectivity index (χ0v) is 16.8. The Labute approximate surface area is 173 Å². The van der Waals surface area contributed by atoms with Gasteiger partial charge in [-0.3, -0.25) is 4.79 Å². The highest BCUT2D eigenvalue weighted by Crippen LogP contribution is 2.30. The van der Waals surface area contributed by atoms with Crippen LogP contribution in [0.5, 0.6) is 0 Å². The summed E-state index contributed by atoms with van der Waals surface area (Å²) in [6.07, 6.45) is -2.16. The van der Waals surface area contributed by atoms with Gasteiger partial charge in [0.05, 0.1) is 10.0 Å². The molecule has 0 bridgehead atoms. The molecule has 4 rings (SSSR count). The molecule has 1 fully saturated rings. The second-order valence-electron chi connectivity index (χ2n) is 7.00. The number of carbonyl (C=O) groups excluding carboxylic acids is 1. The first-order valence-electron chi connectivity index (χ1n) is 9.18. The number of pyridine rings is 1. The van der Waals surface area contributed by atoms with Crippen molar-refractivity contribution in [2.45, 2.75) is 25.1 Å². The Kier molecular flexibility index (Phi) is 5.24. The number of amides is 1. The van der Waals surface area contributed by atoms with Crippen molar-refractivity contribution in [3.8, 4) is 0 Å². The molecule has 0 atom stereocenters. The lowest BCUT2D eigenvalue weighted by Crippen LogP contribution is -2.45. The largest absolute Gasteiger partial charge is 0.417 e. The lowest BCUT2D eigenvalue weighted by Gasteiger charge is -2.33. The fourth-order valence-electron chi connectivity index (χ4n) is 3.52. The highest BCUT2D eigenvalue weighted by Gasteiger charge is 2.31. The van der Waals surface area contributed by atoms with E-state index in [1.807, 2.05) is 29.2 Å². The number of benzene rings is 1. The van der Waals surface area contributed by atoms with Crippen LogP contribution < -0.4 is 10.2 Å². The minimum Gasteiger partial charge on any atom is -0.356 e. The van der Waals surface area contributed by atoms with Crippen molar-refractivity contribution >= 4 is 38.6 Å². The van der Waals surface area contributed by atoms with E-state index in [4.69, 9.17) is 0 Å². The fourth-order valence-corrected chi connectivity index (χ4v) is 4.14. The number of anilines is 1. The van der Waals surface area contributed by atoms with Gasteiger partial charge < -0.3 is 15.2 Å². The highest BCUT2D eigenvalue weighted by atomic mass is 79.9. The summed E-state index contributed by atoms with van der Waals surface area (Å²) in [4.78, 5) is 21.7. The Morgan fingerprint density at radius 3 is 2.52 bits per heavy atom. The summed E-state index contributed by atoms with van der Waals surface area (Å²) in [5.41, 5.74) is 0.609. The lowest BCUT2D eigenvalue weighted by atomic mass is 10.0. The molecule has 1 aromatic carbocycles. The van der Waals surface area contributed by atoms with E-state index in [1.165, 1.54) is 6.07 Å². The van der Waals surface area contributed by atoms with Crippen LogP contribution in [0.2, 0.25) is 0 Å².